The van der Waals surface area contributed by atoms with Gasteiger partial charge in [0.2, 0.25) is 0 Å². The third-order valence-electron chi connectivity index (χ3n) is 1.97. The summed E-state index contributed by atoms with van der Waals surface area (Å²) >= 11 is 0.881. The Hall–Kier alpha value is -1.49. The highest BCUT2D eigenvalue weighted by molar-refractivity contribution is 7.20. The van der Waals surface area contributed by atoms with Gasteiger partial charge in [0.05, 0.1) is 11.8 Å². The Bertz CT molecular complexity index is 533. The number of carbonyl (C=O) groups is 1. The first-order valence-electron chi connectivity index (χ1n) is 4.09. The fraction of sp³-hybridized carbons (Fsp3) is 0.100. The second-order valence-corrected chi connectivity index (χ2v) is 3.93. The van der Waals surface area contributed by atoms with Crippen molar-refractivity contribution in [2.24, 2.45) is 0 Å². The van der Waals surface area contributed by atoms with Crippen LogP contribution in [0.3, 0.4) is 0 Å². The summed E-state index contributed by atoms with van der Waals surface area (Å²) in [6.45, 7) is 0. The molecule has 0 atom stereocenters. The van der Waals surface area contributed by atoms with E-state index in [2.05, 4.69) is 4.74 Å². The maximum absolute atomic E-state index is 13.3. The summed E-state index contributed by atoms with van der Waals surface area (Å²) < 4.78 is 30.7. The molecule has 2 nitrogen and oxygen atoms in total. The first-order chi connectivity index (χ1) is 7.13. The summed E-state index contributed by atoms with van der Waals surface area (Å²) in [5, 5.41) is 0.499. The number of halogens is 2. The van der Waals surface area contributed by atoms with Crippen LogP contribution in [0.5, 0.6) is 0 Å². The van der Waals surface area contributed by atoms with Crippen molar-refractivity contribution in [2.75, 3.05) is 7.11 Å². The molecule has 1 aromatic heterocycles. The van der Waals surface area contributed by atoms with Crippen LogP contribution in [0, 0.1) is 11.6 Å². The summed E-state index contributed by atoms with van der Waals surface area (Å²) in [7, 11) is 1.24. The van der Waals surface area contributed by atoms with Crippen LogP contribution in [0.2, 0.25) is 0 Å². The highest BCUT2D eigenvalue weighted by Gasteiger charge is 2.14. The second kappa shape index (κ2) is 3.58. The van der Waals surface area contributed by atoms with Gasteiger partial charge in [0, 0.05) is 0 Å². The monoisotopic (exact) mass is 228 g/mol. The summed E-state index contributed by atoms with van der Waals surface area (Å²) in [5.74, 6) is -2.38. The summed E-state index contributed by atoms with van der Waals surface area (Å²) in [5.41, 5.74) is 0. The van der Waals surface area contributed by atoms with Crippen molar-refractivity contribution in [1.29, 1.82) is 0 Å². The maximum Gasteiger partial charge on any atom is 0.348 e. The van der Waals surface area contributed by atoms with Gasteiger partial charge in [-0.15, -0.1) is 11.3 Å². The average Bonchev–Trinajstić information content (AvgIpc) is 2.67. The molecule has 0 N–H and O–H groups in total. The van der Waals surface area contributed by atoms with Gasteiger partial charge >= 0.3 is 5.97 Å². The molecule has 0 fully saturated rings. The number of hydrogen-bond donors (Lipinski definition) is 0. The zero-order valence-corrected chi connectivity index (χ0v) is 8.53. The molecule has 2 rings (SSSR count). The largest absolute Gasteiger partial charge is 0.465 e. The highest BCUT2D eigenvalue weighted by Crippen LogP contribution is 2.29. The molecule has 0 saturated heterocycles. The molecule has 0 amide bonds. The zero-order chi connectivity index (χ0) is 11.0. The number of thiophene rings is 1. The number of fused-ring (bicyclic) bond motifs is 1. The number of methoxy groups -OCH3 is 1. The Labute approximate surface area is 88.1 Å². The van der Waals surface area contributed by atoms with E-state index >= 15 is 0 Å². The van der Waals surface area contributed by atoms with Crippen LogP contribution >= 0.6 is 11.3 Å². The average molecular weight is 228 g/mol. The Kier molecular flexibility index (Phi) is 2.40. The molecular formula is C10H6F2O2S. The minimum atomic E-state index is -0.923. The number of benzene rings is 1. The molecule has 0 saturated carbocycles. The molecule has 0 bridgehead atoms. The van der Waals surface area contributed by atoms with E-state index < -0.39 is 17.6 Å². The van der Waals surface area contributed by atoms with Crippen LogP contribution in [0.4, 0.5) is 8.78 Å². The molecule has 1 aromatic carbocycles. The smallest absolute Gasteiger partial charge is 0.348 e. The van der Waals surface area contributed by atoms with E-state index in [9.17, 15) is 13.6 Å². The van der Waals surface area contributed by atoms with Gasteiger partial charge in [-0.1, -0.05) is 6.07 Å². The van der Waals surface area contributed by atoms with E-state index in [1.807, 2.05) is 0 Å². The standard InChI is InChI=1S/C10H6F2O2S/c1-14-10(13)7-4-5-2-3-6(11)8(12)9(5)15-7/h2-4H,1H3. The fourth-order valence-electron chi connectivity index (χ4n) is 1.25. The number of hydrogen-bond acceptors (Lipinski definition) is 3. The van der Waals surface area contributed by atoms with E-state index in [-0.39, 0.29) is 9.58 Å². The van der Waals surface area contributed by atoms with Gasteiger partial charge in [0.15, 0.2) is 11.6 Å². The van der Waals surface area contributed by atoms with Crippen LogP contribution in [0.1, 0.15) is 9.67 Å². The minimum Gasteiger partial charge on any atom is -0.465 e. The number of rotatable bonds is 1. The molecule has 1 heterocycles. The van der Waals surface area contributed by atoms with Gasteiger partial charge in [0.25, 0.3) is 0 Å². The Morgan fingerprint density at radius 2 is 2.13 bits per heavy atom. The van der Waals surface area contributed by atoms with Crippen LogP contribution in [-0.4, -0.2) is 13.1 Å². The van der Waals surface area contributed by atoms with Crippen molar-refractivity contribution in [2.45, 2.75) is 0 Å². The number of carbonyl (C=O) groups excluding carboxylic acids is 1. The van der Waals surface area contributed by atoms with Crippen molar-refractivity contribution in [1.82, 2.24) is 0 Å². The van der Waals surface area contributed by atoms with Crippen LogP contribution in [0.15, 0.2) is 18.2 Å². The van der Waals surface area contributed by atoms with Crippen molar-refractivity contribution in [3.63, 3.8) is 0 Å². The molecule has 0 aliphatic rings. The van der Waals surface area contributed by atoms with E-state index in [1.54, 1.807) is 0 Å². The van der Waals surface area contributed by atoms with Gasteiger partial charge in [-0.25, -0.2) is 13.6 Å². The van der Waals surface area contributed by atoms with E-state index in [4.69, 9.17) is 0 Å². The fourth-order valence-corrected chi connectivity index (χ4v) is 2.25. The highest BCUT2D eigenvalue weighted by atomic mass is 32.1. The SMILES string of the molecule is COC(=O)c1cc2ccc(F)c(F)c2s1. The molecule has 15 heavy (non-hydrogen) atoms. The van der Waals surface area contributed by atoms with Crippen LogP contribution in [0.25, 0.3) is 10.1 Å². The Morgan fingerprint density at radius 3 is 2.80 bits per heavy atom. The molecular weight excluding hydrogens is 222 g/mol. The van der Waals surface area contributed by atoms with Gasteiger partial charge in [-0.05, 0) is 17.5 Å². The predicted molar refractivity (Wildman–Crippen MR) is 53.1 cm³/mol. The lowest BCUT2D eigenvalue weighted by Crippen LogP contribution is -1.96. The first-order valence-corrected chi connectivity index (χ1v) is 4.91. The summed E-state index contributed by atoms with van der Waals surface area (Å²) in [4.78, 5) is 11.4. The van der Waals surface area contributed by atoms with Crippen molar-refractivity contribution in [3.05, 3.63) is 34.7 Å². The molecule has 0 aliphatic carbocycles. The lowest BCUT2D eigenvalue weighted by atomic mass is 10.2. The van der Waals surface area contributed by atoms with Gasteiger partial charge in [0.1, 0.15) is 4.88 Å². The predicted octanol–water partition coefficient (Wildman–Crippen LogP) is 2.97. The topological polar surface area (TPSA) is 26.3 Å². The molecule has 0 unspecified atom stereocenters. The summed E-state index contributed by atoms with van der Waals surface area (Å²) in [6.07, 6.45) is 0. The lowest BCUT2D eigenvalue weighted by Gasteiger charge is -1.92. The molecule has 0 radical (unpaired) electrons. The number of esters is 1. The van der Waals surface area contributed by atoms with E-state index in [1.165, 1.54) is 19.2 Å². The van der Waals surface area contributed by atoms with Gasteiger partial charge in [-0.3, -0.25) is 0 Å². The van der Waals surface area contributed by atoms with E-state index in [0.717, 1.165) is 17.4 Å². The zero-order valence-electron chi connectivity index (χ0n) is 7.71. The number of ether oxygens (including phenoxy) is 1. The molecule has 5 heteroatoms. The Balaban J connectivity index is 2.66. The van der Waals surface area contributed by atoms with Crippen molar-refractivity contribution >= 4 is 27.4 Å². The first kappa shape index (κ1) is 10.0. The normalized spacial score (nSPS) is 10.6. The second-order valence-electron chi connectivity index (χ2n) is 2.88. The van der Waals surface area contributed by atoms with Gasteiger partial charge in [-0.2, -0.15) is 0 Å². The minimum absolute atomic E-state index is 0.135. The third kappa shape index (κ3) is 1.59. The molecule has 0 aliphatic heterocycles. The lowest BCUT2D eigenvalue weighted by molar-refractivity contribution is 0.0606. The maximum atomic E-state index is 13.3. The summed E-state index contributed by atoms with van der Waals surface area (Å²) in [6, 6.07) is 3.94. The van der Waals surface area contributed by atoms with Gasteiger partial charge < -0.3 is 4.74 Å². The quantitative estimate of drug-likeness (QED) is 0.701. The van der Waals surface area contributed by atoms with Crippen LogP contribution < -0.4 is 0 Å². The molecule has 2 aromatic rings. The van der Waals surface area contributed by atoms with Crippen molar-refractivity contribution < 1.29 is 18.3 Å². The molecule has 0 spiro atoms. The van der Waals surface area contributed by atoms with E-state index in [0.29, 0.717) is 5.39 Å². The third-order valence-corrected chi connectivity index (χ3v) is 3.09. The Morgan fingerprint density at radius 1 is 1.40 bits per heavy atom. The molecule has 78 valence electrons. The van der Waals surface area contributed by atoms with Crippen molar-refractivity contribution in [3.8, 4) is 0 Å². The van der Waals surface area contributed by atoms with Crippen LogP contribution in [-0.2, 0) is 4.74 Å².